The van der Waals surface area contributed by atoms with Gasteiger partial charge >= 0.3 is 124 Å². The van der Waals surface area contributed by atoms with Crippen molar-refractivity contribution >= 4 is 20.3 Å². The quantitative estimate of drug-likeness (QED) is 0.526. The molecule has 0 spiro atoms. The van der Waals surface area contributed by atoms with E-state index in [4.69, 9.17) is 0 Å². The minimum absolute atomic E-state index is 0.0994. The van der Waals surface area contributed by atoms with E-state index in [2.05, 4.69) is 37.3 Å². The molecule has 1 aromatic heterocycles. The summed E-state index contributed by atoms with van der Waals surface area (Å²) in [6.45, 7) is 2.08. The van der Waals surface area contributed by atoms with E-state index in [1.807, 2.05) is 36.4 Å². The first-order chi connectivity index (χ1) is 9.74. The summed E-state index contributed by atoms with van der Waals surface area (Å²) in [6, 6.07) is 22.1. The summed E-state index contributed by atoms with van der Waals surface area (Å²) in [5.41, 5.74) is 3.26. The third kappa shape index (κ3) is 2.67. The molecule has 0 aliphatic carbocycles. The van der Waals surface area contributed by atoms with E-state index < -0.39 is 0 Å². The van der Waals surface area contributed by atoms with Gasteiger partial charge in [0.05, 0.1) is 0 Å². The van der Waals surface area contributed by atoms with Gasteiger partial charge in [-0.1, -0.05) is 0 Å². The summed E-state index contributed by atoms with van der Waals surface area (Å²) in [5, 5.41) is 0. The molecule has 20 heavy (non-hydrogen) atoms. The molecule has 0 saturated heterocycles. The molecule has 0 N–H and O–H groups in total. The molecular formula is C18H14OSe. The Morgan fingerprint density at radius 1 is 0.850 bits per heavy atom. The predicted molar refractivity (Wildman–Crippen MR) is 83.4 cm³/mol. The normalized spacial score (nSPS) is 10.4. The zero-order valence-corrected chi connectivity index (χ0v) is 12.9. The van der Waals surface area contributed by atoms with Crippen LogP contribution in [0.15, 0.2) is 66.7 Å². The molecule has 3 rings (SSSR count). The summed E-state index contributed by atoms with van der Waals surface area (Å²) < 4.78 is 2.20. The summed E-state index contributed by atoms with van der Waals surface area (Å²) in [4.78, 5) is 12.4. The molecular weight excluding hydrogens is 311 g/mol. The average molecular weight is 325 g/mol. The number of carbonyl (C=O) groups is 1. The minimum atomic E-state index is 0.0994. The van der Waals surface area contributed by atoms with E-state index in [9.17, 15) is 4.79 Å². The van der Waals surface area contributed by atoms with E-state index in [1.54, 1.807) is 0 Å². The second kappa shape index (κ2) is 5.62. The fourth-order valence-corrected chi connectivity index (χ4v) is 4.11. The van der Waals surface area contributed by atoms with Gasteiger partial charge in [-0.25, -0.2) is 0 Å². The number of ketones is 1. The van der Waals surface area contributed by atoms with Crippen LogP contribution in [0.2, 0.25) is 0 Å². The number of benzene rings is 2. The molecule has 2 aromatic carbocycles. The molecule has 3 aromatic rings. The van der Waals surface area contributed by atoms with Gasteiger partial charge in [0.15, 0.2) is 0 Å². The molecule has 98 valence electrons. The van der Waals surface area contributed by atoms with Gasteiger partial charge in [0, 0.05) is 0 Å². The van der Waals surface area contributed by atoms with E-state index in [1.165, 1.54) is 15.6 Å². The molecule has 0 aliphatic heterocycles. The SMILES string of the molecule is Cc1ccc(-c2ccc(C(=O)c3ccccc3)[se]2)cc1. The van der Waals surface area contributed by atoms with Gasteiger partial charge in [-0.05, 0) is 0 Å². The Hall–Kier alpha value is -1.89. The van der Waals surface area contributed by atoms with E-state index in [0.717, 1.165) is 10.0 Å². The topological polar surface area (TPSA) is 17.1 Å². The van der Waals surface area contributed by atoms with E-state index >= 15 is 0 Å². The van der Waals surface area contributed by atoms with Crippen molar-refractivity contribution in [2.45, 2.75) is 6.92 Å². The van der Waals surface area contributed by atoms with Crippen molar-refractivity contribution in [1.82, 2.24) is 0 Å². The molecule has 0 amide bonds. The zero-order chi connectivity index (χ0) is 13.9. The van der Waals surface area contributed by atoms with Crippen LogP contribution in [0.1, 0.15) is 20.4 Å². The van der Waals surface area contributed by atoms with Crippen molar-refractivity contribution in [3.63, 3.8) is 0 Å². The van der Waals surface area contributed by atoms with Gasteiger partial charge in [-0.3, -0.25) is 0 Å². The number of hydrogen-bond acceptors (Lipinski definition) is 1. The maximum atomic E-state index is 12.4. The summed E-state index contributed by atoms with van der Waals surface area (Å²) in [7, 11) is 0. The maximum absolute atomic E-state index is 12.4. The zero-order valence-electron chi connectivity index (χ0n) is 11.2. The molecule has 0 aliphatic rings. The van der Waals surface area contributed by atoms with Crippen LogP contribution in [-0.4, -0.2) is 20.3 Å². The standard InChI is InChI=1S/C18H14OSe/c1-13-7-9-14(10-8-13)16-11-12-17(20-16)18(19)15-5-3-2-4-6-15/h2-12H,1H3. The van der Waals surface area contributed by atoms with Crippen molar-refractivity contribution in [1.29, 1.82) is 0 Å². The van der Waals surface area contributed by atoms with Crippen LogP contribution in [0.5, 0.6) is 0 Å². The Balaban J connectivity index is 1.91. The average Bonchev–Trinajstić information content (AvgIpc) is 2.98. The Bertz CT molecular complexity index is 724. The van der Waals surface area contributed by atoms with Gasteiger partial charge < -0.3 is 0 Å². The molecule has 0 bridgehead atoms. The van der Waals surface area contributed by atoms with Crippen molar-refractivity contribution < 1.29 is 4.79 Å². The molecule has 0 unspecified atom stereocenters. The number of hydrogen-bond donors (Lipinski definition) is 0. The first-order valence-electron chi connectivity index (χ1n) is 6.51. The fraction of sp³-hybridized carbons (Fsp3) is 0.0556. The Morgan fingerprint density at radius 3 is 2.25 bits per heavy atom. The van der Waals surface area contributed by atoms with E-state index in [0.29, 0.717) is 0 Å². The number of carbonyl (C=O) groups excluding carboxylic acids is 1. The second-order valence-electron chi connectivity index (χ2n) is 4.73. The van der Waals surface area contributed by atoms with Crippen LogP contribution >= 0.6 is 0 Å². The van der Waals surface area contributed by atoms with Crippen molar-refractivity contribution in [2.24, 2.45) is 0 Å². The number of aryl methyl sites for hydroxylation is 1. The van der Waals surface area contributed by atoms with Crippen molar-refractivity contribution in [3.8, 4) is 10.0 Å². The van der Waals surface area contributed by atoms with Crippen LogP contribution in [-0.2, 0) is 0 Å². The van der Waals surface area contributed by atoms with Crippen LogP contribution in [0.4, 0.5) is 0 Å². The predicted octanol–water partition coefficient (Wildman–Crippen LogP) is 3.95. The Kier molecular flexibility index (Phi) is 3.68. The van der Waals surface area contributed by atoms with Gasteiger partial charge in [-0.2, -0.15) is 0 Å². The molecule has 0 fully saturated rings. The summed E-state index contributed by atoms with van der Waals surface area (Å²) in [6.07, 6.45) is 0. The third-order valence-corrected chi connectivity index (χ3v) is 5.58. The first kappa shape index (κ1) is 13.1. The van der Waals surface area contributed by atoms with Crippen molar-refractivity contribution in [3.05, 3.63) is 82.3 Å². The van der Waals surface area contributed by atoms with Crippen LogP contribution < -0.4 is 0 Å². The molecule has 0 atom stereocenters. The van der Waals surface area contributed by atoms with E-state index in [-0.39, 0.29) is 20.3 Å². The first-order valence-corrected chi connectivity index (χ1v) is 8.22. The Labute approximate surface area is 124 Å². The van der Waals surface area contributed by atoms with Crippen LogP contribution in [0.3, 0.4) is 0 Å². The summed E-state index contributed by atoms with van der Waals surface area (Å²) >= 11 is 0.0994. The molecule has 1 nitrogen and oxygen atoms in total. The third-order valence-electron chi connectivity index (χ3n) is 3.20. The van der Waals surface area contributed by atoms with Gasteiger partial charge in [0.2, 0.25) is 0 Å². The Morgan fingerprint density at radius 2 is 1.55 bits per heavy atom. The van der Waals surface area contributed by atoms with Gasteiger partial charge in [0.25, 0.3) is 0 Å². The summed E-state index contributed by atoms with van der Waals surface area (Å²) in [5.74, 6) is 0.156. The molecule has 0 radical (unpaired) electrons. The second-order valence-corrected chi connectivity index (χ2v) is 7.00. The number of rotatable bonds is 3. The van der Waals surface area contributed by atoms with Crippen LogP contribution in [0, 0.1) is 6.92 Å². The fourth-order valence-electron chi connectivity index (χ4n) is 2.06. The van der Waals surface area contributed by atoms with Gasteiger partial charge in [-0.15, -0.1) is 0 Å². The molecule has 0 saturated carbocycles. The van der Waals surface area contributed by atoms with Crippen molar-refractivity contribution in [2.75, 3.05) is 0 Å². The molecule has 2 heteroatoms. The molecule has 1 heterocycles. The monoisotopic (exact) mass is 326 g/mol. The van der Waals surface area contributed by atoms with Gasteiger partial charge in [0.1, 0.15) is 0 Å². The van der Waals surface area contributed by atoms with Crippen LogP contribution in [0.25, 0.3) is 10.0 Å².